The standard InChI is InChI=1S/C14H18ClNO3/c1-8-5-6-9(10(15)7-8)12(17)16-11(13(18)19)14(2,3)4/h5-7,11H,1-4H3,(H,16,17)(H,18,19). The van der Waals surface area contributed by atoms with E-state index in [1.165, 1.54) is 0 Å². The molecule has 1 amide bonds. The van der Waals surface area contributed by atoms with Gasteiger partial charge >= 0.3 is 5.97 Å². The van der Waals surface area contributed by atoms with Gasteiger partial charge in [0.05, 0.1) is 10.6 Å². The Kier molecular flexibility index (Phi) is 4.58. The zero-order valence-corrected chi connectivity index (χ0v) is 12.2. The van der Waals surface area contributed by atoms with E-state index in [-0.39, 0.29) is 5.56 Å². The average Bonchev–Trinajstić information content (AvgIpc) is 2.23. The minimum atomic E-state index is -1.07. The second-order valence-electron chi connectivity index (χ2n) is 5.59. The summed E-state index contributed by atoms with van der Waals surface area (Å²) in [6, 6.07) is 4.04. The van der Waals surface area contributed by atoms with Crippen LogP contribution in [0.2, 0.25) is 5.02 Å². The monoisotopic (exact) mass is 283 g/mol. The summed E-state index contributed by atoms with van der Waals surface area (Å²) in [6.07, 6.45) is 0. The molecule has 19 heavy (non-hydrogen) atoms. The van der Waals surface area contributed by atoms with E-state index < -0.39 is 23.3 Å². The van der Waals surface area contributed by atoms with Crippen molar-refractivity contribution < 1.29 is 14.7 Å². The molecule has 1 atom stereocenters. The fourth-order valence-electron chi connectivity index (χ4n) is 1.66. The Labute approximate surface area is 117 Å². The van der Waals surface area contributed by atoms with Crippen LogP contribution >= 0.6 is 11.6 Å². The molecule has 1 rings (SSSR count). The predicted octanol–water partition coefficient (Wildman–Crippen LogP) is 2.88. The lowest BCUT2D eigenvalue weighted by Gasteiger charge is -2.27. The van der Waals surface area contributed by atoms with Crippen LogP contribution in [0.5, 0.6) is 0 Å². The number of carboxylic acids is 1. The largest absolute Gasteiger partial charge is 0.480 e. The normalized spacial score (nSPS) is 12.9. The molecule has 0 aliphatic heterocycles. The van der Waals surface area contributed by atoms with E-state index in [1.54, 1.807) is 39.0 Å². The second kappa shape index (κ2) is 5.61. The molecular weight excluding hydrogens is 266 g/mol. The summed E-state index contributed by atoms with van der Waals surface area (Å²) in [7, 11) is 0. The van der Waals surface area contributed by atoms with Crippen molar-refractivity contribution in [2.24, 2.45) is 5.41 Å². The molecule has 1 unspecified atom stereocenters. The van der Waals surface area contributed by atoms with Crippen LogP contribution in [0.3, 0.4) is 0 Å². The van der Waals surface area contributed by atoms with E-state index in [0.717, 1.165) is 5.56 Å². The summed E-state index contributed by atoms with van der Waals surface area (Å²) in [5.41, 5.74) is 0.633. The van der Waals surface area contributed by atoms with Crippen LogP contribution < -0.4 is 5.32 Å². The molecule has 1 aromatic rings. The number of benzene rings is 1. The van der Waals surface area contributed by atoms with E-state index >= 15 is 0 Å². The highest BCUT2D eigenvalue weighted by Crippen LogP contribution is 2.22. The molecule has 0 aliphatic rings. The molecule has 104 valence electrons. The maximum Gasteiger partial charge on any atom is 0.326 e. The Bertz CT molecular complexity index is 506. The van der Waals surface area contributed by atoms with Crippen LogP contribution in [-0.2, 0) is 4.79 Å². The molecule has 0 aromatic heterocycles. The summed E-state index contributed by atoms with van der Waals surface area (Å²) < 4.78 is 0. The minimum Gasteiger partial charge on any atom is -0.480 e. The zero-order valence-electron chi connectivity index (χ0n) is 11.5. The van der Waals surface area contributed by atoms with Gasteiger partial charge in [-0.2, -0.15) is 0 Å². The number of halogens is 1. The maximum atomic E-state index is 12.1. The zero-order chi connectivity index (χ0) is 14.8. The molecule has 1 aromatic carbocycles. The van der Waals surface area contributed by atoms with Gasteiger partial charge in [0.25, 0.3) is 5.91 Å². The molecule has 0 spiro atoms. The van der Waals surface area contributed by atoms with E-state index in [2.05, 4.69) is 5.32 Å². The van der Waals surface area contributed by atoms with Crippen molar-refractivity contribution in [3.05, 3.63) is 34.3 Å². The Hall–Kier alpha value is -1.55. The van der Waals surface area contributed by atoms with Crippen molar-refractivity contribution in [2.75, 3.05) is 0 Å². The lowest BCUT2D eigenvalue weighted by Crippen LogP contribution is -2.49. The van der Waals surface area contributed by atoms with Crippen molar-refractivity contribution in [1.82, 2.24) is 5.32 Å². The molecule has 2 N–H and O–H groups in total. The molecule has 0 saturated carbocycles. The molecule has 5 heteroatoms. The highest BCUT2D eigenvalue weighted by molar-refractivity contribution is 6.34. The first-order valence-electron chi connectivity index (χ1n) is 5.92. The van der Waals surface area contributed by atoms with Gasteiger partial charge < -0.3 is 10.4 Å². The fourth-order valence-corrected chi connectivity index (χ4v) is 1.98. The Balaban J connectivity index is 2.98. The van der Waals surface area contributed by atoms with Gasteiger partial charge in [-0.05, 0) is 30.0 Å². The summed E-state index contributed by atoms with van der Waals surface area (Å²) in [5.74, 6) is -1.54. The Morgan fingerprint density at radius 2 is 1.89 bits per heavy atom. The van der Waals surface area contributed by atoms with Crippen LogP contribution in [0, 0.1) is 12.3 Å². The van der Waals surface area contributed by atoms with E-state index in [0.29, 0.717) is 5.02 Å². The summed E-state index contributed by atoms with van der Waals surface area (Å²) in [6.45, 7) is 7.12. The molecular formula is C14H18ClNO3. The van der Waals surface area contributed by atoms with E-state index in [1.807, 2.05) is 6.92 Å². The number of amides is 1. The van der Waals surface area contributed by atoms with Gasteiger partial charge in [0.2, 0.25) is 0 Å². The van der Waals surface area contributed by atoms with Gasteiger partial charge in [-0.25, -0.2) is 4.79 Å². The van der Waals surface area contributed by atoms with Crippen LogP contribution in [-0.4, -0.2) is 23.0 Å². The number of aryl methyl sites for hydroxylation is 1. The Morgan fingerprint density at radius 3 is 2.32 bits per heavy atom. The van der Waals surface area contributed by atoms with Gasteiger partial charge in [0.1, 0.15) is 6.04 Å². The fraction of sp³-hybridized carbons (Fsp3) is 0.429. The lowest BCUT2D eigenvalue weighted by atomic mass is 9.86. The number of hydrogen-bond acceptors (Lipinski definition) is 2. The van der Waals surface area contributed by atoms with Crippen LogP contribution in [0.1, 0.15) is 36.7 Å². The number of nitrogens with one attached hydrogen (secondary N) is 1. The van der Waals surface area contributed by atoms with Gasteiger partial charge in [0.15, 0.2) is 0 Å². The van der Waals surface area contributed by atoms with Crippen molar-refractivity contribution in [3.8, 4) is 0 Å². The summed E-state index contributed by atoms with van der Waals surface area (Å²) in [4.78, 5) is 23.3. The topological polar surface area (TPSA) is 66.4 Å². The first kappa shape index (κ1) is 15.5. The number of carbonyl (C=O) groups is 2. The first-order valence-corrected chi connectivity index (χ1v) is 6.30. The third kappa shape index (κ3) is 3.96. The molecule has 0 heterocycles. The van der Waals surface area contributed by atoms with Crippen molar-refractivity contribution in [3.63, 3.8) is 0 Å². The number of rotatable bonds is 3. The van der Waals surface area contributed by atoms with Crippen molar-refractivity contribution in [2.45, 2.75) is 33.7 Å². The predicted molar refractivity (Wildman–Crippen MR) is 74.5 cm³/mol. The third-order valence-electron chi connectivity index (χ3n) is 2.76. The van der Waals surface area contributed by atoms with Gasteiger partial charge in [0, 0.05) is 0 Å². The first-order chi connectivity index (χ1) is 8.62. The van der Waals surface area contributed by atoms with Crippen LogP contribution in [0.15, 0.2) is 18.2 Å². The molecule has 4 nitrogen and oxygen atoms in total. The Morgan fingerprint density at radius 1 is 1.32 bits per heavy atom. The molecule has 0 aliphatic carbocycles. The lowest BCUT2D eigenvalue weighted by molar-refractivity contribution is -0.142. The molecule has 0 radical (unpaired) electrons. The average molecular weight is 284 g/mol. The van der Waals surface area contributed by atoms with Gasteiger partial charge in [-0.3, -0.25) is 4.79 Å². The second-order valence-corrected chi connectivity index (χ2v) is 6.00. The maximum absolute atomic E-state index is 12.1. The quantitative estimate of drug-likeness (QED) is 0.896. The number of carboxylic acid groups (broad SMARTS) is 1. The summed E-state index contributed by atoms with van der Waals surface area (Å²) in [5, 5.41) is 12.0. The van der Waals surface area contributed by atoms with Gasteiger partial charge in [-0.1, -0.05) is 38.4 Å². The number of hydrogen-bond donors (Lipinski definition) is 2. The number of aliphatic carboxylic acids is 1. The van der Waals surface area contributed by atoms with Gasteiger partial charge in [-0.15, -0.1) is 0 Å². The van der Waals surface area contributed by atoms with Crippen molar-refractivity contribution >= 4 is 23.5 Å². The molecule has 0 fully saturated rings. The summed E-state index contributed by atoms with van der Waals surface area (Å²) >= 11 is 5.99. The highest BCUT2D eigenvalue weighted by Gasteiger charge is 2.33. The third-order valence-corrected chi connectivity index (χ3v) is 3.07. The smallest absolute Gasteiger partial charge is 0.326 e. The van der Waals surface area contributed by atoms with E-state index in [4.69, 9.17) is 11.6 Å². The van der Waals surface area contributed by atoms with E-state index in [9.17, 15) is 14.7 Å². The SMILES string of the molecule is Cc1ccc(C(=O)NC(C(=O)O)C(C)(C)C)c(Cl)c1. The van der Waals surface area contributed by atoms with Crippen LogP contribution in [0.25, 0.3) is 0 Å². The highest BCUT2D eigenvalue weighted by atomic mass is 35.5. The molecule has 0 saturated heterocycles. The number of carbonyl (C=O) groups excluding carboxylic acids is 1. The van der Waals surface area contributed by atoms with Crippen LogP contribution in [0.4, 0.5) is 0 Å². The minimum absolute atomic E-state index is 0.280. The molecule has 0 bridgehead atoms. The van der Waals surface area contributed by atoms with Crippen molar-refractivity contribution in [1.29, 1.82) is 0 Å².